The largest absolute Gasteiger partial charge is 0.508 e. The molecule has 0 aromatic heterocycles. The molecule has 0 spiro atoms. The van der Waals surface area contributed by atoms with Crippen LogP contribution >= 0.6 is 0 Å². The molecule has 148 valence electrons. The number of hydrogen-bond donors (Lipinski definition) is 2. The summed E-state index contributed by atoms with van der Waals surface area (Å²) in [6.07, 6.45) is 0.803. The SMILES string of the molecule is Cc1ccc2c(c1)C(Cc1ccc(CO)cc1)(c1ccc(O)cc1)c1ccccc1-2. The fourth-order valence-electron chi connectivity index (χ4n) is 4.90. The summed E-state index contributed by atoms with van der Waals surface area (Å²) in [7, 11) is 0. The van der Waals surface area contributed by atoms with Crippen molar-refractivity contribution in [3.8, 4) is 16.9 Å². The van der Waals surface area contributed by atoms with E-state index in [0.717, 1.165) is 12.0 Å². The van der Waals surface area contributed by atoms with Crippen molar-refractivity contribution >= 4 is 0 Å². The van der Waals surface area contributed by atoms with Gasteiger partial charge in [0.05, 0.1) is 12.0 Å². The normalized spacial score (nSPS) is 16.9. The summed E-state index contributed by atoms with van der Waals surface area (Å²) in [4.78, 5) is 0. The summed E-state index contributed by atoms with van der Waals surface area (Å²) in [5, 5.41) is 19.4. The summed E-state index contributed by atoms with van der Waals surface area (Å²) >= 11 is 0. The number of aromatic hydroxyl groups is 1. The van der Waals surface area contributed by atoms with Crippen LogP contribution in [-0.2, 0) is 18.4 Å². The molecule has 5 rings (SSSR count). The van der Waals surface area contributed by atoms with Crippen molar-refractivity contribution in [1.82, 2.24) is 0 Å². The molecular weight excluding hydrogens is 368 g/mol. The van der Waals surface area contributed by atoms with Crippen LogP contribution in [0.4, 0.5) is 0 Å². The number of phenols is 1. The van der Waals surface area contributed by atoms with E-state index in [4.69, 9.17) is 0 Å². The Morgan fingerprint density at radius 2 is 1.37 bits per heavy atom. The Morgan fingerprint density at radius 3 is 2.10 bits per heavy atom. The zero-order valence-electron chi connectivity index (χ0n) is 17.0. The minimum absolute atomic E-state index is 0.0498. The number of aliphatic hydroxyl groups excluding tert-OH is 1. The molecule has 0 radical (unpaired) electrons. The van der Waals surface area contributed by atoms with Crippen LogP contribution in [0.1, 0.15) is 33.4 Å². The number of fused-ring (bicyclic) bond motifs is 3. The smallest absolute Gasteiger partial charge is 0.115 e. The van der Waals surface area contributed by atoms with Gasteiger partial charge in [-0.3, -0.25) is 0 Å². The summed E-state index contributed by atoms with van der Waals surface area (Å²) < 4.78 is 0. The first-order valence-electron chi connectivity index (χ1n) is 10.3. The van der Waals surface area contributed by atoms with E-state index in [0.29, 0.717) is 0 Å². The summed E-state index contributed by atoms with van der Waals surface area (Å²) in [5.74, 6) is 0.275. The second-order valence-electron chi connectivity index (χ2n) is 8.20. The minimum atomic E-state index is -0.341. The first kappa shape index (κ1) is 18.7. The number of hydrogen-bond acceptors (Lipinski definition) is 2. The monoisotopic (exact) mass is 392 g/mol. The van der Waals surface area contributed by atoms with E-state index >= 15 is 0 Å². The standard InChI is InChI=1S/C28H24O2/c1-19-6-15-25-24-4-2-3-5-26(24)28(27(25)16-19,22-11-13-23(30)14-12-22)17-20-7-9-21(18-29)10-8-20/h2-16,29-30H,17-18H2,1H3. The van der Waals surface area contributed by atoms with Gasteiger partial charge in [-0.2, -0.15) is 0 Å². The maximum absolute atomic E-state index is 9.94. The molecule has 0 bridgehead atoms. The highest BCUT2D eigenvalue weighted by atomic mass is 16.3. The highest BCUT2D eigenvalue weighted by molar-refractivity contribution is 5.84. The van der Waals surface area contributed by atoms with Gasteiger partial charge < -0.3 is 10.2 Å². The van der Waals surface area contributed by atoms with Gasteiger partial charge in [-0.1, -0.05) is 84.4 Å². The molecule has 0 amide bonds. The molecule has 2 nitrogen and oxygen atoms in total. The molecule has 2 heteroatoms. The number of phenolic OH excluding ortho intramolecular Hbond substituents is 1. The molecule has 1 unspecified atom stereocenters. The predicted octanol–water partition coefficient (Wildman–Crippen LogP) is 5.75. The first-order valence-corrected chi connectivity index (χ1v) is 10.3. The number of rotatable bonds is 4. The van der Waals surface area contributed by atoms with E-state index in [1.165, 1.54) is 38.9 Å². The van der Waals surface area contributed by atoms with E-state index in [9.17, 15) is 10.2 Å². The molecule has 2 N–H and O–H groups in total. The third-order valence-corrected chi connectivity index (χ3v) is 6.35. The Bertz CT molecular complexity index is 1210. The fraction of sp³-hybridized carbons (Fsp3) is 0.143. The van der Waals surface area contributed by atoms with Crippen LogP contribution in [0, 0.1) is 6.92 Å². The van der Waals surface area contributed by atoms with Crippen molar-refractivity contribution < 1.29 is 10.2 Å². The predicted molar refractivity (Wildman–Crippen MR) is 121 cm³/mol. The molecule has 0 aliphatic heterocycles. The van der Waals surface area contributed by atoms with Gasteiger partial charge in [-0.25, -0.2) is 0 Å². The van der Waals surface area contributed by atoms with Crippen LogP contribution in [0.15, 0.2) is 91.0 Å². The van der Waals surface area contributed by atoms with Crippen molar-refractivity contribution in [3.05, 3.63) is 124 Å². The van der Waals surface area contributed by atoms with Crippen molar-refractivity contribution in [1.29, 1.82) is 0 Å². The maximum Gasteiger partial charge on any atom is 0.115 e. The molecule has 0 saturated heterocycles. The summed E-state index contributed by atoms with van der Waals surface area (Å²) in [6.45, 7) is 2.19. The Balaban J connectivity index is 1.80. The highest BCUT2D eigenvalue weighted by Gasteiger charge is 2.44. The van der Waals surface area contributed by atoms with Gasteiger partial charge in [0, 0.05) is 0 Å². The zero-order valence-corrected chi connectivity index (χ0v) is 17.0. The molecule has 1 aliphatic carbocycles. The lowest BCUT2D eigenvalue weighted by Gasteiger charge is -2.33. The van der Waals surface area contributed by atoms with E-state index in [1.807, 2.05) is 24.3 Å². The molecule has 30 heavy (non-hydrogen) atoms. The van der Waals surface area contributed by atoms with Crippen LogP contribution in [0.25, 0.3) is 11.1 Å². The van der Waals surface area contributed by atoms with Crippen molar-refractivity contribution in [2.24, 2.45) is 0 Å². The number of aliphatic hydroxyl groups is 1. The van der Waals surface area contributed by atoms with Crippen LogP contribution in [0.5, 0.6) is 5.75 Å². The lowest BCUT2D eigenvalue weighted by atomic mass is 9.68. The van der Waals surface area contributed by atoms with Crippen LogP contribution in [0.3, 0.4) is 0 Å². The third kappa shape index (κ3) is 2.84. The summed E-state index contributed by atoms with van der Waals surface area (Å²) in [6, 6.07) is 31.3. The molecule has 0 saturated carbocycles. The van der Waals surface area contributed by atoms with Crippen molar-refractivity contribution in [3.63, 3.8) is 0 Å². The van der Waals surface area contributed by atoms with E-state index < -0.39 is 0 Å². The number of benzene rings is 4. The Hall–Kier alpha value is -3.36. The van der Waals surface area contributed by atoms with E-state index in [1.54, 1.807) is 12.1 Å². The van der Waals surface area contributed by atoms with Crippen LogP contribution in [-0.4, -0.2) is 10.2 Å². The van der Waals surface area contributed by atoms with Gasteiger partial charge in [-0.05, 0) is 64.4 Å². The molecule has 0 heterocycles. The van der Waals surface area contributed by atoms with Gasteiger partial charge in [0.1, 0.15) is 5.75 Å². The fourth-order valence-corrected chi connectivity index (χ4v) is 4.90. The second-order valence-corrected chi connectivity index (χ2v) is 8.20. The Labute approximate surface area is 177 Å². The Kier molecular flexibility index (Phi) is 4.45. The van der Waals surface area contributed by atoms with Crippen molar-refractivity contribution in [2.45, 2.75) is 25.4 Å². The summed E-state index contributed by atoms with van der Waals surface area (Å²) in [5.41, 5.74) is 9.34. The molecular formula is C28H24O2. The lowest BCUT2D eigenvalue weighted by molar-refractivity contribution is 0.282. The maximum atomic E-state index is 9.94. The number of aryl methyl sites for hydroxylation is 1. The van der Waals surface area contributed by atoms with Gasteiger partial charge in [0.2, 0.25) is 0 Å². The average Bonchev–Trinajstić information content (AvgIpc) is 3.05. The quantitative estimate of drug-likeness (QED) is 0.464. The van der Waals surface area contributed by atoms with E-state index in [2.05, 4.69) is 61.5 Å². The lowest BCUT2D eigenvalue weighted by Crippen LogP contribution is -2.30. The third-order valence-electron chi connectivity index (χ3n) is 6.35. The first-order chi connectivity index (χ1) is 14.6. The van der Waals surface area contributed by atoms with Crippen LogP contribution < -0.4 is 0 Å². The Morgan fingerprint density at radius 1 is 0.700 bits per heavy atom. The minimum Gasteiger partial charge on any atom is -0.508 e. The van der Waals surface area contributed by atoms with Gasteiger partial charge in [-0.15, -0.1) is 0 Å². The van der Waals surface area contributed by atoms with Crippen molar-refractivity contribution in [2.75, 3.05) is 0 Å². The van der Waals surface area contributed by atoms with Gasteiger partial charge in [0.15, 0.2) is 0 Å². The molecule has 1 atom stereocenters. The van der Waals surface area contributed by atoms with Crippen LogP contribution in [0.2, 0.25) is 0 Å². The molecule has 1 aliphatic rings. The molecule has 4 aromatic carbocycles. The molecule has 4 aromatic rings. The zero-order chi connectivity index (χ0) is 20.7. The highest BCUT2D eigenvalue weighted by Crippen LogP contribution is 2.54. The van der Waals surface area contributed by atoms with E-state index in [-0.39, 0.29) is 17.8 Å². The van der Waals surface area contributed by atoms with Gasteiger partial charge in [0.25, 0.3) is 0 Å². The van der Waals surface area contributed by atoms with Gasteiger partial charge >= 0.3 is 0 Å². The molecule has 0 fully saturated rings. The second kappa shape index (κ2) is 7.16. The topological polar surface area (TPSA) is 40.5 Å². The average molecular weight is 392 g/mol.